The van der Waals surface area contributed by atoms with Crippen molar-refractivity contribution in [1.29, 1.82) is 0 Å². The van der Waals surface area contributed by atoms with Gasteiger partial charge < -0.3 is 5.73 Å². The van der Waals surface area contributed by atoms with Crippen molar-refractivity contribution in [2.24, 2.45) is 5.73 Å². The lowest BCUT2D eigenvalue weighted by molar-refractivity contribution is 0.311. The number of hydrogen-bond acceptors (Lipinski definition) is 3. The first-order valence-corrected chi connectivity index (χ1v) is 8.90. The maximum Gasteiger partial charge on any atom is 0.147 e. The van der Waals surface area contributed by atoms with Crippen molar-refractivity contribution in [3.63, 3.8) is 0 Å². The lowest BCUT2D eigenvalue weighted by Crippen LogP contribution is -2.45. The molecule has 1 rings (SSSR count). The summed E-state index contributed by atoms with van der Waals surface area (Å²) in [7, 11) is -2.96. The summed E-state index contributed by atoms with van der Waals surface area (Å²) in [5, 5.41) is 0. The van der Waals surface area contributed by atoms with Crippen LogP contribution in [0.5, 0.6) is 0 Å². The van der Waals surface area contributed by atoms with Crippen LogP contribution in [0.25, 0.3) is 0 Å². The molecule has 19 heavy (non-hydrogen) atoms. The summed E-state index contributed by atoms with van der Waals surface area (Å²) in [6, 6.07) is 10.1. The fourth-order valence-corrected chi connectivity index (χ4v) is 3.47. The molecule has 0 aliphatic rings. The minimum absolute atomic E-state index is 0.133. The fourth-order valence-electron chi connectivity index (χ4n) is 2.78. The van der Waals surface area contributed by atoms with Gasteiger partial charge in [0, 0.05) is 17.7 Å². The summed E-state index contributed by atoms with van der Waals surface area (Å²) in [4.78, 5) is 0. The quantitative estimate of drug-likeness (QED) is 0.836. The van der Waals surface area contributed by atoms with Crippen molar-refractivity contribution in [3.05, 3.63) is 35.9 Å². The van der Waals surface area contributed by atoms with Gasteiger partial charge in [-0.25, -0.2) is 8.42 Å². The van der Waals surface area contributed by atoms with E-state index >= 15 is 0 Å². The molecule has 108 valence electrons. The number of hydrogen-bond donors (Lipinski definition) is 1. The van der Waals surface area contributed by atoms with E-state index in [-0.39, 0.29) is 17.2 Å². The number of nitrogens with two attached hydrogens (primary N) is 1. The molecule has 0 aliphatic carbocycles. The zero-order valence-electron chi connectivity index (χ0n) is 12.1. The number of benzene rings is 1. The Bertz CT molecular complexity index is 478. The van der Waals surface area contributed by atoms with Crippen LogP contribution in [-0.2, 0) is 15.3 Å². The Balaban J connectivity index is 2.99. The molecule has 0 spiro atoms. The van der Waals surface area contributed by atoms with Crippen molar-refractivity contribution < 1.29 is 8.42 Å². The molecule has 0 saturated heterocycles. The van der Waals surface area contributed by atoms with Gasteiger partial charge in [0.25, 0.3) is 0 Å². The second-order valence-corrected chi connectivity index (χ2v) is 7.51. The van der Waals surface area contributed by atoms with E-state index in [0.717, 1.165) is 12.8 Å². The molecule has 0 aromatic heterocycles. The smallest absolute Gasteiger partial charge is 0.147 e. The van der Waals surface area contributed by atoms with Gasteiger partial charge in [-0.3, -0.25) is 0 Å². The monoisotopic (exact) mass is 283 g/mol. The van der Waals surface area contributed by atoms with Crippen molar-refractivity contribution in [3.8, 4) is 0 Å². The van der Waals surface area contributed by atoms with Crippen LogP contribution in [-0.4, -0.2) is 26.5 Å². The molecule has 1 aromatic carbocycles. The average molecular weight is 283 g/mol. The second-order valence-electron chi connectivity index (χ2n) is 5.25. The molecule has 1 aromatic rings. The zero-order chi connectivity index (χ0) is 14.5. The maximum atomic E-state index is 11.3. The third-order valence-corrected chi connectivity index (χ3v) is 5.10. The first-order chi connectivity index (χ1) is 8.85. The standard InChI is InChI=1S/C15H25NO2S/c1-4-15(5-2,13-9-7-6-8-10-13)14(16)11-12-19(3,17)18/h6-10,14H,4-5,11-12,16H2,1-3H3. The van der Waals surface area contributed by atoms with E-state index in [4.69, 9.17) is 5.73 Å². The molecule has 1 atom stereocenters. The summed E-state index contributed by atoms with van der Waals surface area (Å²) in [6.07, 6.45) is 3.61. The Morgan fingerprint density at radius 1 is 1.16 bits per heavy atom. The molecular weight excluding hydrogens is 258 g/mol. The highest BCUT2D eigenvalue weighted by molar-refractivity contribution is 7.90. The van der Waals surface area contributed by atoms with Gasteiger partial charge in [0.1, 0.15) is 9.84 Å². The van der Waals surface area contributed by atoms with E-state index in [1.54, 1.807) is 0 Å². The minimum Gasteiger partial charge on any atom is -0.327 e. The van der Waals surface area contributed by atoms with Gasteiger partial charge in [-0.05, 0) is 24.8 Å². The van der Waals surface area contributed by atoms with Crippen molar-refractivity contribution in [2.45, 2.75) is 44.6 Å². The fraction of sp³-hybridized carbons (Fsp3) is 0.600. The van der Waals surface area contributed by atoms with Crippen LogP contribution in [0.1, 0.15) is 38.7 Å². The van der Waals surface area contributed by atoms with Crippen molar-refractivity contribution in [1.82, 2.24) is 0 Å². The molecule has 2 N–H and O–H groups in total. The van der Waals surface area contributed by atoms with Crippen LogP contribution in [0.15, 0.2) is 30.3 Å². The predicted molar refractivity (Wildman–Crippen MR) is 81.0 cm³/mol. The predicted octanol–water partition coefficient (Wildman–Crippen LogP) is 2.51. The highest BCUT2D eigenvalue weighted by Gasteiger charge is 2.35. The summed E-state index contributed by atoms with van der Waals surface area (Å²) in [5.41, 5.74) is 7.43. The molecule has 0 radical (unpaired) electrons. The molecule has 0 amide bonds. The Kier molecular flexibility index (Phi) is 5.56. The van der Waals surface area contributed by atoms with E-state index in [1.807, 2.05) is 18.2 Å². The first-order valence-electron chi connectivity index (χ1n) is 6.84. The minimum atomic E-state index is -2.96. The molecule has 0 bridgehead atoms. The van der Waals surface area contributed by atoms with Gasteiger partial charge in [-0.2, -0.15) is 0 Å². The van der Waals surface area contributed by atoms with E-state index in [0.29, 0.717) is 6.42 Å². The molecule has 1 unspecified atom stereocenters. The summed E-state index contributed by atoms with van der Waals surface area (Å²) in [5.74, 6) is 0.156. The van der Waals surface area contributed by atoms with Gasteiger partial charge in [-0.15, -0.1) is 0 Å². The van der Waals surface area contributed by atoms with Crippen LogP contribution in [0.4, 0.5) is 0 Å². The Morgan fingerprint density at radius 3 is 2.11 bits per heavy atom. The molecule has 0 saturated carbocycles. The van der Waals surface area contributed by atoms with E-state index < -0.39 is 9.84 Å². The van der Waals surface area contributed by atoms with Crippen LogP contribution in [0.2, 0.25) is 0 Å². The van der Waals surface area contributed by atoms with Gasteiger partial charge >= 0.3 is 0 Å². The Labute approximate surface area is 117 Å². The lowest BCUT2D eigenvalue weighted by atomic mass is 9.69. The normalized spacial score (nSPS) is 14.3. The van der Waals surface area contributed by atoms with E-state index in [1.165, 1.54) is 11.8 Å². The van der Waals surface area contributed by atoms with Crippen LogP contribution < -0.4 is 5.73 Å². The first kappa shape index (κ1) is 16.2. The second kappa shape index (κ2) is 6.53. The lowest BCUT2D eigenvalue weighted by Gasteiger charge is -2.38. The highest BCUT2D eigenvalue weighted by atomic mass is 32.2. The van der Waals surface area contributed by atoms with Crippen LogP contribution in [0, 0.1) is 0 Å². The largest absolute Gasteiger partial charge is 0.327 e. The van der Waals surface area contributed by atoms with Gasteiger partial charge in [0.05, 0.1) is 5.75 Å². The number of rotatable bonds is 7. The summed E-state index contributed by atoms with van der Waals surface area (Å²) < 4.78 is 22.6. The SMILES string of the molecule is CCC(CC)(c1ccccc1)C(N)CCS(C)(=O)=O. The summed E-state index contributed by atoms with van der Waals surface area (Å²) >= 11 is 0. The number of sulfone groups is 1. The summed E-state index contributed by atoms with van der Waals surface area (Å²) in [6.45, 7) is 4.24. The molecule has 3 nitrogen and oxygen atoms in total. The topological polar surface area (TPSA) is 60.2 Å². The molecule has 0 aliphatic heterocycles. The highest BCUT2D eigenvalue weighted by Crippen LogP contribution is 2.35. The third-order valence-electron chi connectivity index (χ3n) is 4.12. The molecule has 0 fully saturated rings. The van der Waals surface area contributed by atoms with Gasteiger partial charge in [0.2, 0.25) is 0 Å². The van der Waals surface area contributed by atoms with Crippen molar-refractivity contribution >= 4 is 9.84 Å². The molecule has 4 heteroatoms. The zero-order valence-corrected chi connectivity index (χ0v) is 12.9. The molecular formula is C15H25NO2S. The van der Waals surface area contributed by atoms with Crippen molar-refractivity contribution in [2.75, 3.05) is 12.0 Å². The van der Waals surface area contributed by atoms with Crippen LogP contribution in [0.3, 0.4) is 0 Å². The van der Waals surface area contributed by atoms with Gasteiger partial charge in [0.15, 0.2) is 0 Å². The maximum absolute atomic E-state index is 11.3. The Hall–Kier alpha value is -0.870. The Morgan fingerprint density at radius 2 is 1.68 bits per heavy atom. The van der Waals surface area contributed by atoms with E-state index in [2.05, 4.69) is 26.0 Å². The third kappa shape index (κ3) is 4.05. The van der Waals surface area contributed by atoms with Gasteiger partial charge in [-0.1, -0.05) is 44.2 Å². The van der Waals surface area contributed by atoms with Crippen LogP contribution >= 0.6 is 0 Å². The van der Waals surface area contributed by atoms with E-state index in [9.17, 15) is 8.42 Å². The molecule has 0 heterocycles. The average Bonchev–Trinajstić information content (AvgIpc) is 2.39.